The Hall–Kier alpha value is -1.12. The van der Waals surface area contributed by atoms with Gasteiger partial charge < -0.3 is 4.74 Å². The number of rotatable bonds is 5. The molecule has 0 unspecified atom stereocenters. The average Bonchev–Trinajstić information content (AvgIpc) is 2.14. The number of hydrogen-bond acceptors (Lipinski definition) is 3. The standard InChI is InChI=1S/C9H13N2O/c1-2-3-4-8-12-9-10-6-5-7-11-9/h5-7H,1-4,8H2. The maximum atomic E-state index is 5.26. The van der Waals surface area contributed by atoms with Crippen molar-refractivity contribution in [3.05, 3.63) is 25.4 Å². The van der Waals surface area contributed by atoms with Crippen molar-refractivity contribution >= 4 is 0 Å². The number of nitrogens with zero attached hydrogens (tertiary/aromatic N) is 2. The molecule has 3 heteroatoms. The average molecular weight is 165 g/mol. The molecule has 1 rings (SSSR count). The Balaban J connectivity index is 2.16. The SMILES string of the molecule is [CH2]CCCCOc1ncccn1. The molecule has 1 radical (unpaired) electrons. The highest BCUT2D eigenvalue weighted by atomic mass is 16.5. The molecular weight excluding hydrogens is 152 g/mol. The summed E-state index contributed by atoms with van der Waals surface area (Å²) in [5.74, 6) is 0. The summed E-state index contributed by atoms with van der Waals surface area (Å²) in [7, 11) is 0. The molecule has 0 spiro atoms. The number of aromatic nitrogens is 2. The smallest absolute Gasteiger partial charge is 0.316 e. The van der Waals surface area contributed by atoms with Crippen molar-refractivity contribution in [2.45, 2.75) is 19.3 Å². The van der Waals surface area contributed by atoms with E-state index in [0.717, 1.165) is 19.3 Å². The van der Waals surface area contributed by atoms with E-state index >= 15 is 0 Å². The number of unbranched alkanes of at least 4 members (excludes halogenated alkanes) is 2. The van der Waals surface area contributed by atoms with Crippen molar-refractivity contribution in [2.24, 2.45) is 0 Å². The molecule has 0 aliphatic rings. The summed E-state index contributed by atoms with van der Waals surface area (Å²) < 4.78 is 5.26. The van der Waals surface area contributed by atoms with Crippen molar-refractivity contribution < 1.29 is 4.74 Å². The second-order valence-electron chi connectivity index (χ2n) is 2.44. The van der Waals surface area contributed by atoms with E-state index in [1.54, 1.807) is 18.5 Å². The van der Waals surface area contributed by atoms with Gasteiger partial charge in [0.2, 0.25) is 0 Å². The van der Waals surface area contributed by atoms with Crippen molar-refractivity contribution in [3.8, 4) is 6.01 Å². The first-order valence-electron chi connectivity index (χ1n) is 4.12. The van der Waals surface area contributed by atoms with Gasteiger partial charge in [0.1, 0.15) is 0 Å². The molecule has 1 aromatic heterocycles. The lowest BCUT2D eigenvalue weighted by molar-refractivity contribution is 0.283. The van der Waals surface area contributed by atoms with Gasteiger partial charge in [0.15, 0.2) is 0 Å². The molecule has 12 heavy (non-hydrogen) atoms. The summed E-state index contributed by atoms with van der Waals surface area (Å²) in [5, 5.41) is 0. The highest BCUT2D eigenvalue weighted by Crippen LogP contribution is 2.00. The molecule has 0 aliphatic carbocycles. The highest BCUT2D eigenvalue weighted by molar-refractivity contribution is 4.92. The van der Waals surface area contributed by atoms with Crippen LogP contribution in [0.15, 0.2) is 18.5 Å². The molecule has 1 aromatic rings. The van der Waals surface area contributed by atoms with E-state index in [0.29, 0.717) is 12.6 Å². The predicted octanol–water partition coefficient (Wildman–Crippen LogP) is 1.86. The van der Waals surface area contributed by atoms with E-state index in [2.05, 4.69) is 16.9 Å². The number of hydrogen-bond donors (Lipinski definition) is 0. The normalized spacial score (nSPS) is 9.75. The van der Waals surface area contributed by atoms with Gasteiger partial charge in [-0.05, 0) is 12.5 Å². The lowest BCUT2D eigenvalue weighted by atomic mass is 10.3. The van der Waals surface area contributed by atoms with Crippen LogP contribution in [0.4, 0.5) is 0 Å². The zero-order valence-electron chi connectivity index (χ0n) is 7.07. The first kappa shape index (κ1) is 8.97. The fraction of sp³-hybridized carbons (Fsp3) is 0.444. The van der Waals surface area contributed by atoms with E-state index in [1.807, 2.05) is 0 Å². The van der Waals surface area contributed by atoms with Crippen LogP contribution in [0, 0.1) is 6.92 Å². The summed E-state index contributed by atoms with van der Waals surface area (Å²) in [4.78, 5) is 7.85. The molecule has 0 aliphatic heterocycles. The molecular formula is C9H13N2O. The molecule has 0 bridgehead atoms. The van der Waals surface area contributed by atoms with Crippen LogP contribution >= 0.6 is 0 Å². The first-order valence-corrected chi connectivity index (χ1v) is 4.12. The van der Waals surface area contributed by atoms with Crippen LogP contribution in [0.3, 0.4) is 0 Å². The molecule has 65 valence electrons. The molecule has 0 saturated carbocycles. The van der Waals surface area contributed by atoms with Gasteiger partial charge in [-0.25, -0.2) is 9.97 Å². The zero-order valence-corrected chi connectivity index (χ0v) is 7.07. The van der Waals surface area contributed by atoms with Gasteiger partial charge >= 0.3 is 6.01 Å². The summed E-state index contributed by atoms with van der Waals surface area (Å²) in [6.07, 6.45) is 6.40. The lowest BCUT2D eigenvalue weighted by Crippen LogP contribution is -1.99. The van der Waals surface area contributed by atoms with Crippen molar-refractivity contribution in [2.75, 3.05) is 6.61 Å². The minimum absolute atomic E-state index is 0.460. The van der Waals surface area contributed by atoms with Crippen molar-refractivity contribution in [3.63, 3.8) is 0 Å². The molecule has 1 heterocycles. The van der Waals surface area contributed by atoms with Gasteiger partial charge in [0.25, 0.3) is 0 Å². The molecule has 3 nitrogen and oxygen atoms in total. The monoisotopic (exact) mass is 165 g/mol. The van der Waals surface area contributed by atoms with E-state index in [1.165, 1.54) is 0 Å². The maximum absolute atomic E-state index is 5.26. The predicted molar refractivity (Wildman–Crippen MR) is 46.7 cm³/mol. The zero-order chi connectivity index (χ0) is 8.65. The Morgan fingerprint density at radius 3 is 2.67 bits per heavy atom. The Bertz CT molecular complexity index is 201. The molecule has 0 saturated heterocycles. The summed E-state index contributed by atoms with van der Waals surface area (Å²) in [6, 6.07) is 2.23. The van der Waals surface area contributed by atoms with Crippen LogP contribution in [-0.2, 0) is 0 Å². The van der Waals surface area contributed by atoms with Gasteiger partial charge in [-0.2, -0.15) is 0 Å². The Morgan fingerprint density at radius 2 is 2.00 bits per heavy atom. The lowest BCUT2D eigenvalue weighted by Gasteiger charge is -2.01. The van der Waals surface area contributed by atoms with Gasteiger partial charge in [0, 0.05) is 12.4 Å². The van der Waals surface area contributed by atoms with E-state index < -0.39 is 0 Å². The first-order chi connectivity index (χ1) is 5.93. The van der Waals surface area contributed by atoms with E-state index in [4.69, 9.17) is 4.74 Å². The topological polar surface area (TPSA) is 35.0 Å². The fourth-order valence-corrected chi connectivity index (χ4v) is 0.802. The molecule has 0 amide bonds. The Morgan fingerprint density at radius 1 is 1.25 bits per heavy atom. The van der Waals surface area contributed by atoms with Gasteiger partial charge in [-0.15, -0.1) is 0 Å². The van der Waals surface area contributed by atoms with Gasteiger partial charge in [0.05, 0.1) is 6.61 Å². The minimum atomic E-state index is 0.460. The van der Waals surface area contributed by atoms with Crippen LogP contribution in [0.25, 0.3) is 0 Å². The maximum Gasteiger partial charge on any atom is 0.316 e. The van der Waals surface area contributed by atoms with Crippen LogP contribution in [0.2, 0.25) is 0 Å². The highest BCUT2D eigenvalue weighted by Gasteiger charge is 1.92. The minimum Gasteiger partial charge on any atom is -0.463 e. The van der Waals surface area contributed by atoms with E-state index in [9.17, 15) is 0 Å². The summed E-state index contributed by atoms with van der Waals surface area (Å²) in [5.41, 5.74) is 0. The second-order valence-corrected chi connectivity index (χ2v) is 2.44. The third-order valence-corrected chi connectivity index (χ3v) is 1.42. The molecule has 0 N–H and O–H groups in total. The summed E-state index contributed by atoms with van der Waals surface area (Å²) in [6.45, 7) is 4.42. The Labute approximate surface area is 72.8 Å². The summed E-state index contributed by atoms with van der Waals surface area (Å²) >= 11 is 0. The van der Waals surface area contributed by atoms with Crippen LogP contribution in [-0.4, -0.2) is 16.6 Å². The second kappa shape index (κ2) is 5.52. The number of ether oxygens (including phenoxy) is 1. The van der Waals surface area contributed by atoms with Crippen LogP contribution in [0.5, 0.6) is 6.01 Å². The quantitative estimate of drug-likeness (QED) is 0.624. The molecule has 0 fully saturated rings. The third-order valence-electron chi connectivity index (χ3n) is 1.42. The molecule has 0 atom stereocenters. The van der Waals surface area contributed by atoms with Crippen LogP contribution in [0.1, 0.15) is 19.3 Å². The third kappa shape index (κ3) is 3.32. The van der Waals surface area contributed by atoms with E-state index in [-0.39, 0.29) is 0 Å². The Kier molecular flexibility index (Phi) is 4.13. The van der Waals surface area contributed by atoms with Crippen molar-refractivity contribution in [1.29, 1.82) is 0 Å². The fourth-order valence-electron chi connectivity index (χ4n) is 0.802. The van der Waals surface area contributed by atoms with Crippen LogP contribution < -0.4 is 4.74 Å². The van der Waals surface area contributed by atoms with Gasteiger partial charge in [-0.1, -0.05) is 19.8 Å². The molecule has 0 aromatic carbocycles. The van der Waals surface area contributed by atoms with Gasteiger partial charge in [-0.3, -0.25) is 0 Å². The van der Waals surface area contributed by atoms with Crippen molar-refractivity contribution in [1.82, 2.24) is 9.97 Å². The largest absolute Gasteiger partial charge is 0.463 e.